The van der Waals surface area contributed by atoms with E-state index in [4.69, 9.17) is 4.74 Å². The van der Waals surface area contributed by atoms with Gasteiger partial charge in [0.2, 0.25) is 0 Å². The number of rotatable bonds is 7. The highest BCUT2D eigenvalue weighted by Gasteiger charge is 2.18. The third-order valence-electron chi connectivity index (χ3n) is 5.62. The zero-order chi connectivity index (χ0) is 21.8. The summed E-state index contributed by atoms with van der Waals surface area (Å²) in [6.45, 7) is 5.55. The van der Waals surface area contributed by atoms with Gasteiger partial charge >= 0.3 is 5.69 Å². The standard InChI is InChI=1S/C23H27N5O3/c1-18(29)11-12-28-23(30)27(17-24-28)21-5-3-19(4-6-21)25-13-15-26(16-14-25)20-7-9-22(31-2)10-8-20/h3-10,17H,11-16H2,1-2H3. The van der Waals surface area contributed by atoms with Crippen LogP contribution in [-0.4, -0.2) is 53.4 Å². The molecule has 0 saturated carbocycles. The summed E-state index contributed by atoms with van der Waals surface area (Å²) in [7, 11) is 1.68. The third-order valence-corrected chi connectivity index (χ3v) is 5.62. The highest BCUT2D eigenvalue weighted by Crippen LogP contribution is 2.23. The largest absolute Gasteiger partial charge is 0.497 e. The first-order valence-electron chi connectivity index (χ1n) is 10.4. The van der Waals surface area contributed by atoms with Gasteiger partial charge in [0, 0.05) is 44.0 Å². The lowest BCUT2D eigenvalue weighted by molar-refractivity contribution is -0.117. The van der Waals surface area contributed by atoms with Crippen molar-refractivity contribution in [3.05, 3.63) is 65.3 Å². The molecule has 8 heteroatoms. The molecule has 1 aliphatic rings. The number of aryl methyl sites for hydroxylation is 1. The molecule has 0 unspecified atom stereocenters. The summed E-state index contributed by atoms with van der Waals surface area (Å²) in [5.41, 5.74) is 2.87. The molecular formula is C23H27N5O3. The van der Waals surface area contributed by atoms with Crippen molar-refractivity contribution in [2.24, 2.45) is 0 Å². The van der Waals surface area contributed by atoms with Crippen LogP contribution in [0, 0.1) is 0 Å². The van der Waals surface area contributed by atoms with E-state index >= 15 is 0 Å². The molecule has 162 valence electrons. The number of benzene rings is 2. The molecule has 2 aromatic carbocycles. The summed E-state index contributed by atoms with van der Waals surface area (Å²) in [6.07, 6.45) is 1.81. The Morgan fingerprint density at radius 1 is 0.903 bits per heavy atom. The zero-order valence-corrected chi connectivity index (χ0v) is 17.9. The number of carbonyl (C=O) groups is 1. The summed E-state index contributed by atoms with van der Waals surface area (Å²) in [5.74, 6) is 0.906. The van der Waals surface area contributed by atoms with Crippen molar-refractivity contribution < 1.29 is 9.53 Å². The molecule has 1 aromatic heterocycles. The normalized spacial score (nSPS) is 14.0. The number of nitrogens with zero attached hydrogens (tertiary/aromatic N) is 5. The van der Waals surface area contributed by atoms with Gasteiger partial charge in [-0.15, -0.1) is 0 Å². The van der Waals surface area contributed by atoms with Crippen molar-refractivity contribution >= 4 is 17.2 Å². The first-order valence-corrected chi connectivity index (χ1v) is 10.4. The van der Waals surface area contributed by atoms with E-state index in [1.807, 2.05) is 36.4 Å². The lowest BCUT2D eigenvalue weighted by Crippen LogP contribution is -2.46. The fraction of sp³-hybridized carbons (Fsp3) is 0.348. The van der Waals surface area contributed by atoms with Crippen LogP contribution in [0.15, 0.2) is 59.7 Å². The van der Waals surface area contributed by atoms with Crippen molar-refractivity contribution in [1.29, 1.82) is 0 Å². The van der Waals surface area contributed by atoms with Crippen molar-refractivity contribution in [2.75, 3.05) is 43.1 Å². The highest BCUT2D eigenvalue weighted by atomic mass is 16.5. The molecule has 1 aliphatic heterocycles. The smallest absolute Gasteiger partial charge is 0.350 e. The summed E-state index contributed by atoms with van der Waals surface area (Å²) < 4.78 is 8.07. The van der Waals surface area contributed by atoms with Crippen molar-refractivity contribution in [3.8, 4) is 11.4 Å². The van der Waals surface area contributed by atoms with Crippen LogP contribution < -0.4 is 20.2 Å². The summed E-state index contributed by atoms with van der Waals surface area (Å²) in [6, 6.07) is 16.1. The van der Waals surface area contributed by atoms with Crippen LogP contribution >= 0.6 is 0 Å². The minimum absolute atomic E-state index is 0.0397. The first kappa shape index (κ1) is 20.7. The van der Waals surface area contributed by atoms with Crippen LogP contribution in [0.3, 0.4) is 0 Å². The van der Waals surface area contributed by atoms with Crippen molar-refractivity contribution in [3.63, 3.8) is 0 Å². The number of anilines is 2. The average Bonchev–Trinajstić information content (AvgIpc) is 3.18. The molecule has 8 nitrogen and oxygen atoms in total. The lowest BCUT2D eigenvalue weighted by atomic mass is 10.2. The number of piperazine rings is 1. The van der Waals surface area contributed by atoms with E-state index in [0.717, 1.165) is 43.3 Å². The van der Waals surface area contributed by atoms with Gasteiger partial charge in [-0.1, -0.05) is 0 Å². The maximum absolute atomic E-state index is 12.5. The van der Waals surface area contributed by atoms with Crippen molar-refractivity contribution in [1.82, 2.24) is 14.3 Å². The van der Waals surface area contributed by atoms with E-state index < -0.39 is 0 Å². The Bertz CT molecular complexity index is 1080. The molecule has 3 aromatic rings. The van der Waals surface area contributed by atoms with E-state index in [-0.39, 0.29) is 11.5 Å². The number of methoxy groups -OCH3 is 1. The Kier molecular flexibility index (Phi) is 6.06. The minimum Gasteiger partial charge on any atom is -0.497 e. The van der Waals surface area contributed by atoms with E-state index in [9.17, 15) is 9.59 Å². The SMILES string of the molecule is COc1ccc(N2CCN(c3ccc(-n4cnn(CCC(C)=O)c4=O)cc3)CC2)cc1. The molecule has 4 rings (SSSR count). The fourth-order valence-corrected chi connectivity index (χ4v) is 3.77. The Hall–Kier alpha value is -3.55. The van der Waals surface area contributed by atoms with Crippen LogP contribution in [-0.2, 0) is 11.3 Å². The molecule has 2 heterocycles. The molecule has 0 N–H and O–H groups in total. The summed E-state index contributed by atoms with van der Waals surface area (Å²) >= 11 is 0. The molecule has 31 heavy (non-hydrogen) atoms. The van der Waals surface area contributed by atoms with Crippen LogP contribution in [0.1, 0.15) is 13.3 Å². The Balaban J connectivity index is 1.39. The third kappa shape index (κ3) is 4.63. The van der Waals surface area contributed by atoms with Gasteiger partial charge in [0.1, 0.15) is 17.9 Å². The highest BCUT2D eigenvalue weighted by molar-refractivity contribution is 5.75. The van der Waals surface area contributed by atoms with Gasteiger partial charge in [-0.2, -0.15) is 5.10 Å². The van der Waals surface area contributed by atoms with E-state index in [1.54, 1.807) is 7.11 Å². The number of carbonyl (C=O) groups excluding carboxylic acids is 1. The van der Waals surface area contributed by atoms with Crippen LogP contribution in [0.2, 0.25) is 0 Å². The van der Waals surface area contributed by atoms with E-state index in [0.29, 0.717) is 13.0 Å². The Morgan fingerprint density at radius 2 is 1.42 bits per heavy atom. The molecule has 0 radical (unpaired) electrons. The molecule has 0 amide bonds. The topological polar surface area (TPSA) is 72.6 Å². The zero-order valence-electron chi connectivity index (χ0n) is 17.9. The van der Waals surface area contributed by atoms with E-state index in [1.165, 1.54) is 28.2 Å². The Morgan fingerprint density at radius 3 is 1.94 bits per heavy atom. The van der Waals surface area contributed by atoms with E-state index in [2.05, 4.69) is 27.0 Å². The number of aromatic nitrogens is 3. The summed E-state index contributed by atoms with van der Waals surface area (Å²) in [4.78, 5) is 28.4. The second-order valence-electron chi connectivity index (χ2n) is 7.65. The maximum Gasteiger partial charge on any atom is 0.350 e. The quantitative estimate of drug-likeness (QED) is 0.583. The van der Waals surface area contributed by atoms with Crippen LogP contribution in [0.25, 0.3) is 5.69 Å². The molecule has 0 spiro atoms. The second kappa shape index (κ2) is 9.07. The fourth-order valence-electron chi connectivity index (χ4n) is 3.77. The summed E-state index contributed by atoms with van der Waals surface area (Å²) in [5, 5.41) is 4.12. The molecule has 0 aliphatic carbocycles. The number of ether oxygens (including phenoxy) is 1. The number of ketones is 1. The molecule has 1 saturated heterocycles. The van der Waals surface area contributed by atoms with Crippen LogP contribution in [0.5, 0.6) is 5.75 Å². The predicted molar refractivity (Wildman–Crippen MR) is 121 cm³/mol. The van der Waals surface area contributed by atoms with Gasteiger partial charge in [-0.05, 0) is 55.5 Å². The van der Waals surface area contributed by atoms with Crippen molar-refractivity contribution in [2.45, 2.75) is 19.9 Å². The lowest BCUT2D eigenvalue weighted by Gasteiger charge is -2.37. The number of Topliss-reactive ketones (excluding diaryl/α,β-unsaturated/α-hetero) is 1. The predicted octanol–water partition coefficient (Wildman–Crippen LogP) is 2.35. The number of hydrogen-bond acceptors (Lipinski definition) is 6. The van der Waals surface area contributed by atoms with Crippen LogP contribution in [0.4, 0.5) is 11.4 Å². The van der Waals surface area contributed by atoms with Gasteiger partial charge in [-0.3, -0.25) is 4.79 Å². The van der Waals surface area contributed by atoms with Gasteiger partial charge in [-0.25, -0.2) is 14.0 Å². The second-order valence-corrected chi connectivity index (χ2v) is 7.65. The monoisotopic (exact) mass is 421 g/mol. The Labute approximate surface area is 181 Å². The number of hydrogen-bond donors (Lipinski definition) is 0. The molecule has 1 fully saturated rings. The van der Waals surface area contributed by atoms with Gasteiger partial charge in [0.15, 0.2) is 0 Å². The van der Waals surface area contributed by atoms with Gasteiger partial charge < -0.3 is 14.5 Å². The van der Waals surface area contributed by atoms with Gasteiger partial charge in [0.25, 0.3) is 0 Å². The first-order chi connectivity index (χ1) is 15.0. The minimum atomic E-state index is -0.234. The van der Waals surface area contributed by atoms with Gasteiger partial charge in [0.05, 0.1) is 19.3 Å². The maximum atomic E-state index is 12.5. The average molecular weight is 422 g/mol. The molecule has 0 bridgehead atoms. The molecule has 0 atom stereocenters. The molecular weight excluding hydrogens is 394 g/mol.